The molecule has 0 aromatic heterocycles. The van der Waals surface area contributed by atoms with E-state index in [0.717, 1.165) is 6.55 Å². The molecular formula is C3H3Cl2F5SSi. The van der Waals surface area contributed by atoms with Gasteiger partial charge in [0.05, 0.1) is 0 Å². The van der Waals surface area contributed by atoms with Gasteiger partial charge < -0.3 is 0 Å². The van der Waals surface area contributed by atoms with E-state index < -0.39 is 28.8 Å². The van der Waals surface area contributed by atoms with Gasteiger partial charge in [-0.15, -0.1) is 22.2 Å². The lowest BCUT2D eigenvalue weighted by Crippen LogP contribution is -2.39. The summed E-state index contributed by atoms with van der Waals surface area (Å²) in [7, 11) is 0. The van der Waals surface area contributed by atoms with Gasteiger partial charge in [0.1, 0.15) is 0 Å². The summed E-state index contributed by atoms with van der Waals surface area (Å²) in [6, 6.07) is 0. The van der Waals surface area contributed by atoms with Gasteiger partial charge in [0.2, 0.25) is 0 Å². The molecule has 0 aliphatic carbocycles. The van der Waals surface area contributed by atoms with Crippen molar-refractivity contribution in [2.24, 2.45) is 0 Å². The van der Waals surface area contributed by atoms with E-state index in [1.807, 2.05) is 0 Å². The van der Waals surface area contributed by atoms with E-state index in [-0.39, 0.29) is 0 Å². The molecule has 9 heteroatoms. The van der Waals surface area contributed by atoms with Crippen LogP contribution in [0.2, 0.25) is 6.55 Å². The van der Waals surface area contributed by atoms with Crippen LogP contribution in [0, 0.1) is 0 Å². The van der Waals surface area contributed by atoms with Crippen LogP contribution in [0.5, 0.6) is 0 Å². The van der Waals surface area contributed by atoms with Crippen molar-refractivity contribution < 1.29 is 22.0 Å². The third-order valence-corrected chi connectivity index (χ3v) is 5.89. The van der Waals surface area contributed by atoms with Crippen molar-refractivity contribution >= 4 is 40.6 Å². The van der Waals surface area contributed by atoms with Gasteiger partial charge in [-0.1, -0.05) is 0 Å². The van der Waals surface area contributed by atoms with Crippen LogP contribution in [-0.2, 0) is 0 Å². The van der Waals surface area contributed by atoms with Crippen LogP contribution in [-0.4, -0.2) is 17.1 Å². The Balaban J connectivity index is 4.44. The van der Waals surface area contributed by atoms with E-state index in [9.17, 15) is 22.0 Å². The zero-order valence-electron chi connectivity index (χ0n) is 5.55. The van der Waals surface area contributed by atoms with Crippen molar-refractivity contribution in [2.75, 3.05) is 0 Å². The second kappa shape index (κ2) is 3.51. The van der Waals surface area contributed by atoms with Crippen molar-refractivity contribution in [2.45, 2.75) is 16.9 Å². The third-order valence-electron chi connectivity index (χ3n) is 0.755. The minimum atomic E-state index is -5.03. The number of rotatable bonds is 2. The predicted octanol–water partition coefficient (Wildman–Crippen LogP) is 3.92. The van der Waals surface area contributed by atoms with Crippen LogP contribution >= 0.6 is 33.9 Å². The maximum Gasteiger partial charge on any atom is 0.447 e. The summed E-state index contributed by atoms with van der Waals surface area (Å²) >= 11 is 8.46. The molecule has 0 fully saturated rings. The number of halogens is 7. The van der Waals surface area contributed by atoms with Crippen LogP contribution in [0.25, 0.3) is 0 Å². The summed E-state index contributed by atoms with van der Waals surface area (Å²) < 4.78 is 59.3. The minimum absolute atomic E-state index is 0.731. The first-order chi connectivity index (χ1) is 4.96. The monoisotopic (exact) mass is 264 g/mol. The Morgan fingerprint density at radius 2 is 1.42 bits per heavy atom. The lowest BCUT2D eigenvalue weighted by Gasteiger charge is -2.23. The first-order valence-electron chi connectivity index (χ1n) is 2.48. The Morgan fingerprint density at radius 3 is 1.50 bits per heavy atom. The molecule has 0 heterocycles. The van der Waals surface area contributed by atoms with E-state index in [0.29, 0.717) is 0 Å². The number of alkyl halides is 5. The topological polar surface area (TPSA) is 0 Å². The summed E-state index contributed by atoms with van der Waals surface area (Å²) in [6.45, 7) is -3.41. The van der Waals surface area contributed by atoms with E-state index in [1.165, 1.54) is 0 Å². The molecule has 0 saturated heterocycles. The molecule has 0 N–H and O–H groups in total. The Labute approximate surface area is 79.8 Å². The van der Waals surface area contributed by atoms with Gasteiger partial charge in [-0.05, 0) is 6.55 Å². The fourth-order valence-electron chi connectivity index (χ4n) is 0.235. The highest BCUT2D eigenvalue weighted by molar-refractivity contribution is 8.04. The molecule has 74 valence electrons. The highest BCUT2D eigenvalue weighted by Gasteiger charge is 2.58. The van der Waals surface area contributed by atoms with Gasteiger partial charge in [-0.3, -0.25) is 0 Å². The maximum atomic E-state index is 12.5. The molecule has 0 unspecified atom stereocenters. The quantitative estimate of drug-likeness (QED) is 0.414. The molecule has 0 atom stereocenters. The van der Waals surface area contributed by atoms with Crippen molar-refractivity contribution in [1.82, 2.24) is 0 Å². The molecule has 0 aromatic rings. The van der Waals surface area contributed by atoms with Gasteiger partial charge in [0.15, 0.2) is 0 Å². The fraction of sp³-hybridized carbons (Fsp3) is 1.00. The van der Waals surface area contributed by atoms with Crippen molar-refractivity contribution in [3.8, 4) is 0 Å². The number of thioether (sulfide) groups is 1. The summed E-state index contributed by atoms with van der Waals surface area (Å²) in [5.41, 5.74) is -5.03. The molecule has 0 bridgehead atoms. The second-order valence-electron chi connectivity index (χ2n) is 1.95. The van der Waals surface area contributed by atoms with Crippen LogP contribution in [0.1, 0.15) is 0 Å². The SMILES string of the molecule is C[Si](Cl)(Cl)C(F)(F)SC(F)(F)F. The first kappa shape index (κ1) is 12.8. The van der Waals surface area contributed by atoms with Crippen molar-refractivity contribution in [3.63, 3.8) is 0 Å². The van der Waals surface area contributed by atoms with E-state index >= 15 is 0 Å². The summed E-state index contributed by atoms with van der Waals surface area (Å²) in [5.74, 6) is 0. The summed E-state index contributed by atoms with van der Waals surface area (Å²) in [4.78, 5) is -4.12. The highest BCUT2D eigenvalue weighted by Crippen LogP contribution is 2.49. The molecule has 0 amide bonds. The minimum Gasteiger partial charge on any atom is -0.196 e. The zero-order valence-corrected chi connectivity index (χ0v) is 8.88. The Morgan fingerprint density at radius 1 is 1.08 bits per heavy atom. The summed E-state index contributed by atoms with van der Waals surface area (Å²) in [5, 5.41) is 0. The summed E-state index contributed by atoms with van der Waals surface area (Å²) in [6.07, 6.45) is 0. The van der Waals surface area contributed by atoms with Crippen LogP contribution in [0.4, 0.5) is 22.0 Å². The van der Waals surface area contributed by atoms with Crippen molar-refractivity contribution in [3.05, 3.63) is 0 Å². The van der Waals surface area contributed by atoms with Gasteiger partial charge in [0.25, 0.3) is 0 Å². The molecule has 0 rings (SSSR count). The van der Waals surface area contributed by atoms with Gasteiger partial charge in [0, 0.05) is 11.8 Å². The molecule has 0 aliphatic rings. The Kier molecular flexibility index (Phi) is 3.74. The molecular weight excluding hydrogens is 262 g/mol. The Bertz CT molecular complexity index is 163. The van der Waals surface area contributed by atoms with Gasteiger partial charge in [-0.2, -0.15) is 22.0 Å². The first-order valence-corrected chi connectivity index (χ1v) is 7.82. The van der Waals surface area contributed by atoms with E-state index in [4.69, 9.17) is 22.2 Å². The lowest BCUT2D eigenvalue weighted by molar-refractivity contribution is -0.0376. The lowest BCUT2D eigenvalue weighted by atomic mass is 11.5. The molecule has 0 aromatic carbocycles. The maximum absolute atomic E-state index is 12.5. The van der Waals surface area contributed by atoms with E-state index in [1.54, 1.807) is 0 Å². The average Bonchev–Trinajstić information content (AvgIpc) is 1.52. The number of hydrogen-bond acceptors (Lipinski definition) is 1. The molecule has 0 radical (unpaired) electrons. The zero-order chi connectivity index (χ0) is 10.2. The Hall–Kier alpha value is 0.797. The van der Waals surface area contributed by atoms with E-state index in [2.05, 4.69) is 0 Å². The fourth-order valence-corrected chi connectivity index (χ4v) is 2.28. The molecule has 12 heavy (non-hydrogen) atoms. The third kappa shape index (κ3) is 4.15. The highest BCUT2D eigenvalue weighted by atomic mass is 35.7. The van der Waals surface area contributed by atoms with Gasteiger partial charge in [-0.25, -0.2) is 0 Å². The van der Waals surface area contributed by atoms with Crippen LogP contribution in [0.15, 0.2) is 0 Å². The molecule has 0 saturated carbocycles. The number of hydrogen-bond donors (Lipinski definition) is 0. The molecule has 0 aliphatic heterocycles. The largest absolute Gasteiger partial charge is 0.447 e. The van der Waals surface area contributed by atoms with Gasteiger partial charge >= 0.3 is 17.1 Å². The van der Waals surface area contributed by atoms with Crippen molar-refractivity contribution in [1.29, 1.82) is 0 Å². The smallest absolute Gasteiger partial charge is 0.196 e. The molecule has 0 spiro atoms. The average molecular weight is 265 g/mol. The van der Waals surface area contributed by atoms with Crippen LogP contribution in [0.3, 0.4) is 0 Å². The second-order valence-corrected chi connectivity index (χ2v) is 11.0. The molecule has 0 nitrogen and oxygen atoms in total. The standard InChI is InChI=1S/C3H3Cl2F5SSi/c1-12(4,5)3(9,10)11-2(6,7)8/h1H3. The predicted molar refractivity (Wildman–Crippen MR) is 41.9 cm³/mol. The normalized spacial score (nSPS) is 15.0. The van der Waals surface area contributed by atoms with Crippen LogP contribution < -0.4 is 0 Å².